The molecule has 0 amide bonds. The summed E-state index contributed by atoms with van der Waals surface area (Å²) in [4.78, 5) is 0. The lowest BCUT2D eigenvalue weighted by Gasteiger charge is -2.12. The Bertz CT molecular complexity index is 1040. The fourth-order valence-electron chi connectivity index (χ4n) is 3.14. The molecule has 7 heteroatoms. The van der Waals surface area contributed by atoms with Crippen LogP contribution in [-0.4, -0.2) is 22.4 Å². The Hall–Kier alpha value is -2.83. The summed E-state index contributed by atoms with van der Waals surface area (Å²) in [5.41, 5.74) is 8.09. The first-order valence-corrected chi connectivity index (χ1v) is 10.5. The minimum absolute atomic E-state index is 0.433. The van der Waals surface area contributed by atoms with Gasteiger partial charge < -0.3 is 14.6 Å². The zero-order valence-corrected chi connectivity index (χ0v) is 18.8. The van der Waals surface area contributed by atoms with Crippen LogP contribution in [0.3, 0.4) is 0 Å². The van der Waals surface area contributed by atoms with Crippen molar-refractivity contribution < 1.29 is 4.74 Å². The maximum Gasteiger partial charge on any atom is 0.186 e. The molecule has 0 saturated heterocycles. The smallest absolute Gasteiger partial charge is 0.186 e. The van der Waals surface area contributed by atoms with Gasteiger partial charge in [-0.05, 0) is 69.4 Å². The van der Waals surface area contributed by atoms with Crippen LogP contribution in [0.15, 0.2) is 59.7 Å². The summed E-state index contributed by atoms with van der Waals surface area (Å²) in [6, 6.07) is 17.8. The second-order valence-electron chi connectivity index (χ2n) is 6.77. The van der Waals surface area contributed by atoms with Crippen molar-refractivity contribution in [3.8, 4) is 11.4 Å². The summed E-state index contributed by atoms with van der Waals surface area (Å²) in [6.45, 7) is 7.32. The number of nitrogens with one attached hydrogen (secondary N) is 2. The summed E-state index contributed by atoms with van der Waals surface area (Å²) in [5.74, 6) is 0.795. The summed E-state index contributed by atoms with van der Waals surface area (Å²) in [6.07, 6.45) is 1.78. The minimum atomic E-state index is 0.433. The Labute approximate surface area is 187 Å². The van der Waals surface area contributed by atoms with Crippen LogP contribution in [0.4, 0.5) is 0 Å². The molecule has 2 N–H and O–H groups in total. The molecule has 0 unspecified atom stereocenters. The third-order valence-electron chi connectivity index (χ3n) is 4.62. The Morgan fingerprint density at radius 1 is 1.17 bits per heavy atom. The van der Waals surface area contributed by atoms with Gasteiger partial charge in [-0.25, -0.2) is 0 Å². The average molecular weight is 441 g/mol. The molecular formula is C23H25ClN4OS. The van der Waals surface area contributed by atoms with Gasteiger partial charge in [0.15, 0.2) is 5.11 Å². The second kappa shape index (κ2) is 10.3. The molecule has 0 fully saturated rings. The molecule has 0 radical (unpaired) electrons. The van der Waals surface area contributed by atoms with E-state index >= 15 is 0 Å². The molecule has 0 spiro atoms. The van der Waals surface area contributed by atoms with Gasteiger partial charge in [-0.15, -0.1) is 0 Å². The van der Waals surface area contributed by atoms with Crippen LogP contribution in [0, 0.1) is 13.8 Å². The van der Waals surface area contributed by atoms with E-state index in [0.29, 0.717) is 16.7 Å². The van der Waals surface area contributed by atoms with Crippen molar-refractivity contribution in [2.45, 2.75) is 27.4 Å². The number of nitrogens with zero attached hydrogens (tertiary/aromatic N) is 2. The second-order valence-corrected chi connectivity index (χ2v) is 7.58. The third-order valence-corrected chi connectivity index (χ3v) is 5.23. The van der Waals surface area contributed by atoms with E-state index in [1.165, 1.54) is 0 Å². The van der Waals surface area contributed by atoms with E-state index in [4.69, 9.17) is 28.6 Å². The summed E-state index contributed by atoms with van der Waals surface area (Å²) in [5, 5.41) is 8.44. The number of hydrogen-bond donors (Lipinski definition) is 2. The van der Waals surface area contributed by atoms with Gasteiger partial charge in [0, 0.05) is 39.8 Å². The number of benzene rings is 2. The Morgan fingerprint density at radius 2 is 1.90 bits per heavy atom. The van der Waals surface area contributed by atoms with Gasteiger partial charge in [-0.3, -0.25) is 5.43 Å². The van der Waals surface area contributed by atoms with Gasteiger partial charge in [0.1, 0.15) is 12.4 Å². The van der Waals surface area contributed by atoms with Gasteiger partial charge >= 0.3 is 0 Å². The standard InChI is InChI=1S/C23H25ClN4OS/c1-4-25-23(30)27-26-14-19-13-16(2)28(17(19)3)20-9-11-21(12-10-20)29-15-18-7-5-6-8-22(18)24/h5-14H,4,15H2,1-3H3,(H2,25,27,30)/b26-14-. The molecule has 1 aromatic heterocycles. The highest BCUT2D eigenvalue weighted by molar-refractivity contribution is 7.80. The number of hydrazone groups is 1. The van der Waals surface area contributed by atoms with E-state index in [1.807, 2.05) is 55.5 Å². The first-order chi connectivity index (χ1) is 14.5. The van der Waals surface area contributed by atoms with E-state index in [-0.39, 0.29) is 0 Å². The summed E-state index contributed by atoms with van der Waals surface area (Å²) in [7, 11) is 0. The zero-order valence-electron chi connectivity index (χ0n) is 17.3. The Morgan fingerprint density at radius 3 is 2.60 bits per heavy atom. The topological polar surface area (TPSA) is 50.6 Å². The van der Waals surface area contributed by atoms with E-state index in [1.54, 1.807) is 6.21 Å². The summed E-state index contributed by atoms with van der Waals surface area (Å²) >= 11 is 11.3. The number of thiocarbonyl (C=S) groups is 1. The lowest BCUT2D eigenvalue weighted by molar-refractivity contribution is 0.306. The van der Waals surface area contributed by atoms with Crippen LogP contribution in [0.2, 0.25) is 5.02 Å². The Kier molecular flexibility index (Phi) is 7.49. The number of hydrogen-bond acceptors (Lipinski definition) is 3. The van der Waals surface area contributed by atoms with Gasteiger partial charge in [0.2, 0.25) is 0 Å². The molecular weight excluding hydrogens is 416 g/mol. The molecule has 0 bridgehead atoms. The van der Waals surface area contributed by atoms with Crippen LogP contribution in [0.5, 0.6) is 5.75 Å². The van der Waals surface area contributed by atoms with E-state index in [2.05, 4.69) is 40.3 Å². The third kappa shape index (κ3) is 5.40. The summed E-state index contributed by atoms with van der Waals surface area (Å²) < 4.78 is 8.07. The predicted molar refractivity (Wildman–Crippen MR) is 128 cm³/mol. The molecule has 0 aliphatic heterocycles. The molecule has 3 rings (SSSR count). The van der Waals surface area contributed by atoms with E-state index in [0.717, 1.165) is 40.5 Å². The molecule has 5 nitrogen and oxygen atoms in total. The first kappa shape index (κ1) is 21.9. The van der Waals surface area contributed by atoms with Crippen molar-refractivity contribution in [3.63, 3.8) is 0 Å². The number of halogens is 1. The number of aromatic nitrogens is 1. The normalized spacial score (nSPS) is 10.9. The molecule has 0 atom stereocenters. The van der Waals surface area contributed by atoms with Crippen molar-refractivity contribution in [2.24, 2.45) is 5.10 Å². The number of rotatable bonds is 7. The molecule has 1 heterocycles. The van der Waals surface area contributed by atoms with Gasteiger partial charge in [0.25, 0.3) is 0 Å². The van der Waals surface area contributed by atoms with Crippen LogP contribution < -0.4 is 15.5 Å². The monoisotopic (exact) mass is 440 g/mol. The van der Waals surface area contributed by atoms with Crippen molar-refractivity contribution >= 4 is 35.1 Å². The molecule has 156 valence electrons. The zero-order chi connectivity index (χ0) is 21.5. The number of aryl methyl sites for hydroxylation is 1. The SMILES string of the molecule is CCNC(=S)N/N=C\c1cc(C)n(-c2ccc(OCc3ccccc3Cl)cc2)c1C. The maximum atomic E-state index is 6.19. The fraction of sp³-hybridized carbons (Fsp3) is 0.217. The van der Waals surface area contributed by atoms with Gasteiger partial charge in [-0.1, -0.05) is 29.8 Å². The van der Waals surface area contributed by atoms with Crippen LogP contribution in [0.25, 0.3) is 5.69 Å². The largest absolute Gasteiger partial charge is 0.489 e. The van der Waals surface area contributed by atoms with Crippen molar-refractivity contribution in [1.29, 1.82) is 0 Å². The van der Waals surface area contributed by atoms with Gasteiger partial charge in [-0.2, -0.15) is 5.10 Å². The molecule has 30 heavy (non-hydrogen) atoms. The molecule has 0 aliphatic carbocycles. The molecule has 3 aromatic rings. The van der Waals surface area contributed by atoms with Gasteiger partial charge in [0.05, 0.1) is 6.21 Å². The van der Waals surface area contributed by atoms with E-state index < -0.39 is 0 Å². The van der Waals surface area contributed by atoms with Crippen molar-refractivity contribution in [2.75, 3.05) is 6.54 Å². The maximum absolute atomic E-state index is 6.19. The van der Waals surface area contributed by atoms with Crippen LogP contribution in [0.1, 0.15) is 29.4 Å². The lowest BCUT2D eigenvalue weighted by atomic mass is 10.2. The predicted octanol–water partition coefficient (Wildman–Crippen LogP) is 5.14. The highest BCUT2D eigenvalue weighted by atomic mass is 35.5. The fourth-order valence-corrected chi connectivity index (χ4v) is 3.53. The molecule has 2 aromatic carbocycles. The lowest BCUT2D eigenvalue weighted by Crippen LogP contribution is -2.31. The van der Waals surface area contributed by atoms with E-state index in [9.17, 15) is 0 Å². The average Bonchev–Trinajstić information content (AvgIpc) is 3.01. The highest BCUT2D eigenvalue weighted by Gasteiger charge is 2.10. The quantitative estimate of drug-likeness (QED) is 0.303. The minimum Gasteiger partial charge on any atom is -0.489 e. The van der Waals surface area contributed by atoms with Crippen LogP contribution >= 0.6 is 23.8 Å². The molecule has 0 aliphatic rings. The molecule has 0 saturated carbocycles. The van der Waals surface area contributed by atoms with Crippen LogP contribution in [-0.2, 0) is 6.61 Å². The van der Waals surface area contributed by atoms with Crippen molar-refractivity contribution in [1.82, 2.24) is 15.3 Å². The highest BCUT2D eigenvalue weighted by Crippen LogP contribution is 2.23. The number of ether oxygens (including phenoxy) is 1. The first-order valence-electron chi connectivity index (χ1n) is 9.72. The van der Waals surface area contributed by atoms with Crippen molar-refractivity contribution in [3.05, 3.63) is 82.1 Å². The Balaban J connectivity index is 1.70.